The summed E-state index contributed by atoms with van der Waals surface area (Å²) < 4.78 is 50.7. The van der Waals surface area contributed by atoms with Crippen LogP contribution >= 0.6 is 0 Å². The summed E-state index contributed by atoms with van der Waals surface area (Å²) in [4.78, 5) is 13.2. The van der Waals surface area contributed by atoms with Gasteiger partial charge in [-0.05, 0) is 73.9 Å². The zero-order valence-electron chi connectivity index (χ0n) is 22.1. The number of carbonyl (C=O) groups excluding carboxylic acids is 1. The van der Waals surface area contributed by atoms with Crippen LogP contribution in [0.25, 0.3) is 0 Å². The van der Waals surface area contributed by atoms with Gasteiger partial charge in [0.1, 0.15) is 19.8 Å². The Kier molecular flexibility index (Phi) is 8.01. The molecule has 0 saturated carbocycles. The average Bonchev–Trinajstić information content (AvgIpc) is 2.90. The minimum atomic E-state index is -4.15. The molecule has 0 bridgehead atoms. The maximum Gasteiger partial charge on any atom is 0.264 e. The lowest BCUT2D eigenvalue weighted by molar-refractivity contribution is -0.120. The number of benzene rings is 3. The van der Waals surface area contributed by atoms with Crippen LogP contribution in [-0.2, 0) is 14.8 Å². The number of hydrogen-bond donors (Lipinski definition) is 1. The molecule has 3 aromatic rings. The summed E-state index contributed by atoms with van der Waals surface area (Å²) in [5.41, 5.74) is 2.94. The first-order chi connectivity index (χ1) is 18.1. The Bertz CT molecular complexity index is 1420. The van der Waals surface area contributed by atoms with Crippen LogP contribution in [0, 0.1) is 13.8 Å². The van der Waals surface area contributed by atoms with Gasteiger partial charge in [0.05, 0.1) is 30.8 Å². The van der Waals surface area contributed by atoms with E-state index in [0.717, 1.165) is 21.0 Å². The van der Waals surface area contributed by atoms with Gasteiger partial charge in [0, 0.05) is 6.07 Å². The van der Waals surface area contributed by atoms with Gasteiger partial charge >= 0.3 is 0 Å². The number of sulfonamides is 1. The molecule has 0 aromatic heterocycles. The van der Waals surface area contributed by atoms with Gasteiger partial charge in [0.15, 0.2) is 23.0 Å². The van der Waals surface area contributed by atoms with Crippen molar-refractivity contribution >= 4 is 21.6 Å². The minimum Gasteiger partial charge on any atom is -0.493 e. The van der Waals surface area contributed by atoms with Crippen molar-refractivity contribution in [3.05, 3.63) is 71.3 Å². The molecule has 0 spiro atoms. The predicted molar refractivity (Wildman–Crippen MR) is 144 cm³/mol. The highest BCUT2D eigenvalue weighted by Gasteiger charge is 2.29. The van der Waals surface area contributed by atoms with Gasteiger partial charge in [-0.25, -0.2) is 8.42 Å². The first kappa shape index (κ1) is 27.1. The summed E-state index contributed by atoms with van der Waals surface area (Å²) in [5, 5.41) is 2.91. The van der Waals surface area contributed by atoms with Crippen molar-refractivity contribution in [3.8, 4) is 23.0 Å². The number of fused-ring (bicyclic) bond motifs is 1. The number of amides is 1. The first-order valence-corrected chi connectivity index (χ1v) is 13.6. The average molecular weight is 541 g/mol. The quantitative estimate of drug-likeness (QED) is 0.435. The standard InChI is InChI=1S/C28H32N2O7S/c1-18-12-19(2)14-22(13-18)30(38(32,33)23-7-9-24(34-4)26(16-23)35-5)17-28(31)29-20(3)21-6-8-25-27(15-21)37-11-10-36-25/h6-9,12-16,20H,10-11,17H2,1-5H3,(H,29,31)/t20-/m1/s1. The zero-order valence-corrected chi connectivity index (χ0v) is 22.9. The van der Waals surface area contributed by atoms with Crippen LogP contribution in [-0.4, -0.2) is 48.3 Å². The van der Waals surface area contributed by atoms with Gasteiger partial charge in [-0.15, -0.1) is 0 Å². The lowest BCUT2D eigenvalue weighted by Crippen LogP contribution is -2.41. The number of nitrogens with one attached hydrogen (secondary N) is 1. The molecule has 0 radical (unpaired) electrons. The second kappa shape index (κ2) is 11.2. The van der Waals surface area contributed by atoms with Gasteiger partial charge in [-0.1, -0.05) is 12.1 Å². The van der Waals surface area contributed by atoms with E-state index in [1.165, 1.54) is 32.4 Å². The summed E-state index contributed by atoms with van der Waals surface area (Å²) in [6, 6.07) is 14.8. The molecule has 0 unspecified atom stereocenters. The molecule has 0 saturated heterocycles. The largest absolute Gasteiger partial charge is 0.493 e. The SMILES string of the molecule is COc1ccc(S(=O)(=O)N(CC(=O)N[C@H](C)c2ccc3c(c2)OCCO3)c2cc(C)cc(C)c2)cc1OC. The van der Waals surface area contributed by atoms with Crippen LogP contribution in [0.4, 0.5) is 5.69 Å². The monoisotopic (exact) mass is 540 g/mol. The Morgan fingerprint density at radius 2 is 1.58 bits per heavy atom. The molecule has 1 heterocycles. The fourth-order valence-corrected chi connectivity index (χ4v) is 5.76. The van der Waals surface area contributed by atoms with Crippen molar-refractivity contribution in [3.63, 3.8) is 0 Å². The molecular weight excluding hydrogens is 508 g/mol. The van der Waals surface area contributed by atoms with E-state index in [-0.39, 0.29) is 10.6 Å². The molecule has 1 aliphatic heterocycles. The molecule has 1 aliphatic rings. The third-order valence-electron chi connectivity index (χ3n) is 6.17. The highest BCUT2D eigenvalue weighted by Crippen LogP contribution is 2.34. The normalized spacial score (nSPS) is 13.4. The molecule has 1 atom stereocenters. The second-order valence-corrected chi connectivity index (χ2v) is 10.9. The van der Waals surface area contributed by atoms with Crippen LogP contribution in [0.15, 0.2) is 59.5 Å². The van der Waals surface area contributed by atoms with Crippen LogP contribution in [0.5, 0.6) is 23.0 Å². The lowest BCUT2D eigenvalue weighted by Gasteiger charge is -2.26. The van der Waals surface area contributed by atoms with E-state index in [2.05, 4.69) is 5.32 Å². The maximum atomic E-state index is 13.9. The molecule has 4 rings (SSSR count). The van der Waals surface area contributed by atoms with Crippen LogP contribution in [0.3, 0.4) is 0 Å². The van der Waals surface area contributed by atoms with E-state index < -0.39 is 28.5 Å². The zero-order chi connectivity index (χ0) is 27.4. The Morgan fingerprint density at radius 3 is 2.24 bits per heavy atom. The smallest absolute Gasteiger partial charge is 0.264 e. The van der Waals surface area contributed by atoms with Gasteiger partial charge in [-0.2, -0.15) is 0 Å². The van der Waals surface area contributed by atoms with E-state index in [9.17, 15) is 13.2 Å². The van der Waals surface area contributed by atoms with Crippen LogP contribution < -0.4 is 28.6 Å². The molecule has 1 N–H and O–H groups in total. The predicted octanol–water partition coefficient (Wildman–Crippen LogP) is 4.16. The van der Waals surface area contributed by atoms with Crippen molar-refractivity contribution in [1.29, 1.82) is 0 Å². The number of ether oxygens (including phenoxy) is 4. The van der Waals surface area contributed by atoms with E-state index in [0.29, 0.717) is 36.1 Å². The third kappa shape index (κ3) is 5.80. The molecule has 9 nitrogen and oxygen atoms in total. The number of hydrogen-bond acceptors (Lipinski definition) is 7. The molecule has 0 fully saturated rings. The van der Waals surface area contributed by atoms with Crippen molar-refractivity contribution < 1.29 is 32.2 Å². The Morgan fingerprint density at radius 1 is 0.921 bits per heavy atom. The van der Waals surface area contributed by atoms with Gasteiger partial charge in [0.2, 0.25) is 5.91 Å². The molecule has 3 aromatic carbocycles. The van der Waals surface area contributed by atoms with Crippen molar-refractivity contribution in [1.82, 2.24) is 5.32 Å². The van der Waals surface area contributed by atoms with E-state index >= 15 is 0 Å². The third-order valence-corrected chi connectivity index (χ3v) is 7.94. The Labute approximate surface area is 223 Å². The molecule has 202 valence electrons. The number of carbonyl (C=O) groups is 1. The number of anilines is 1. The van der Waals surface area contributed by atoms with E-state index in [4.69, 9.17) is 18.9 Å². The molecule has 1 amide bonds. The number of aryl methyl sites for hydroxylation is 2. The molecule has 10 heteroatoms. The highest BCUT2D eigenvalue weighted by atomic mass is 32.2. The van der Waals surface area contributed by atoms with Crippen molar-refractivity contribution in [2.45, 2.75) is 31.7 Å². The summed E-state index contributed by atoms with van der Waals surface area (Å²) in [6.45, 7) is 6.10. The summed E-state index contributed by atoms with van der Waals surface area (Å²) in [5.74, 6) is 1.47. The van der Waals surface area contributed by atoms with E-state index in [1.54, 1.807) is 18.2 Å². The Hall–Kier alpha value is -3.92. The topological polar surface area (TPSA) is 103 Å². The summed E-state index contributed by atoms with van der Waals surface area (Å²) in [6.07, 6.45) is 0. The number of methoxy groups -OCH3 is 2. The van der Waals surface area contributed by atoms with Gasteiger partial charge < -0.3 is 24.3 Å². The maximum absolute atomic E-state index is 13.9. The number of nitrogens with zero attached hydrogens (tertiary/aromatic N) is 1. The lowest BCUT2D eigenvalue weighted by atomic mass is 10.1. The fraction of sp³-hybridized carbons (Fsp3) is 0.321. The van der Waals surface area contributed by atoms with Crippen molar-refractivity contribution in [2.24, 2.45) is 0 Å². The van der Waals surface area contributed by atoms with E-state index in [1.807, 2.05) is 39.0 Å². The van der Waals surface area contributed by atoms with Crippen molar-refractivity contribution in [2.75, 3.05) is 38.3 Å². The van der Waals surface area contributed by atoms with Gasteiger partial charge in [-0.3, -0.25) is 9.10 Å². The summed E-state index contributed by atoms with van der Waals surface area (Å²) in [7, 11) is -1.25. The molecular formula is C28H32N2O7S. The summed E-state index contributed by atoms with van der Waals surface area (Å²) >= 11 is 0. The second-order valence-electron chi connectivity index (χ2n) is 9.07. The van der Waals surface area contributed by atoms with Crippen LogP contribution in [0.1, 0.15) is 29.7 Å². The molecule has 38 heavy (non-hydrogen) atoms. The fourth-order valence-electron chi connectivity index (χ4n) is 4.34. The van der Waals surface area contributed by atoms with Gasteiger partial charge in [0.25, 0.3) is 10.0 Å². The number of rotatable bonds is 9. The Balaban J connectivity index is 1.64. The highest BCUT2D eigenvalue weighted by molar-refractivity contribution is 7.92. The van der Waals surface area contributed by atoms with Crippen LogP contribution in [0.2, 0.25) is 0 Å². The minimum absolute atomic E-state index is 0.0259. The molecule has 0 aliphatic carbocycles. The first-order valence-electron chi connectivity index (χ1n) is 12.1.